The number of likely N-dealkylation sites (N-methyl/N-ethyl adjacent to an activating group) is 1. The average Bonchev–Trinajstić information content (AvgIpc) is 2.73. The maximum Gasteiger partial charge on any atom is 0.334 e. The number of allylic oxidation sites excluding steroid dienone is 1. The molecule has 1 aliphatic rings. The van der Waals surface area contributed by atoms with Crippen LogP contribution in [0.2, 0.25) is 0 Å². The lowest BCUT2D eigenvalue weighted by Crippen LogP contribution is -2.53. The van der Waals surface area contributed by atoms with Crippen molar-refractivity contribution >= 4 is 23.4 Å². The number of esters is 2. The molecule has 0 spiro atoms. The molecule has 27 heavy (non-hydrogen) atoms. The highest BCUT2D eigenvalue weighted by atomic mass is 16.5. The van der Waals surface area contributed by atoms with Crippen molar-refractivity contribution < 1.29 is 23.9 Å². The Morgan fingerprint density at radius 3 is 2.04 bits per heavy atom. The van der Waals surface area contributed by atoms with Gasteiger partial charge in [-0.25, -0.2) is 0 Å². The van der Waals surface area contributed by atoms with E-state index < -0.39 is 17.4 Å². The Bertz CT molecular complexity index is 917. The smallest absolute Gasteiger partial charge is 0.334 e. The van der Waals surface area contributed by atoms with E-state index in [1.165, 1.54) is 20.3 Å². The van der Waals surface area contributed by atoms with E-state index in [1.54, 1.807) is 36.2 Å². The van der Waals surface area contributed by atoms with Crippen LogP contribution in [-0.2, 0) is 24.5 Å². The van der Waals surface area contributed by atoms with Crippen LogP contribution >= 0.6 is 0 Å². The number of hydrogen-bond acceptors (Lipinski definition) is 6. The number of carbonyl (C=O) groups is 3. The minimum atomic E-state index is -1.90. The van der Waals surface area contributed by atoms with Gasteiger partial charge in [-0.3, -0.25) is 14.4 Å². The number of benzene rings is 2. The molecule has 0 radical (unpaired) electrons. The van der Waals surface area contributed by atoms with Crippen LogP contribution in [0.4, 0.5) is 5.69 Å². The first-order chi connectivity index (χ1) is 13.0. The number of ether oxygens (including phenoxy) is 2. The van der Waals surface area contributed by atoms with E-state index in [9.17, 15) is 14.4 Å². The van der Waals surface area contributed by atoms with Crippen LogP contribution in [0.1, 0.15) is 15.9 Å². The number of ketones is 1. The van der Waals surface area contributed by atoms with Crippen LogP contribution in [0.3, 0.4) is 0 Å². The summed E-state index contributed by atoms with van der Waals surface area (Å²) in [6, 6.07) is 15.6. The molecule has 2 aromatic rings. The van der Waals surface area contributed by atoms with E-state index in [2.05, 4.69) is 0 Å². The van der Waals surface area contributed by atoms with Crippen LogP contribution in [0.25, 0.3) is 0 Å². The molecule has 0 unspecified atom stereocenters. The molecule has 2 aromatic carbocycles. The van der Waals surface area contributed by atoms with E-state index in [4.69, 9.17) is 9.47 Å². The summed E-state index contributed by atoms with van der Waals surface area (Å²) in [5.74, 6) is -1.93. The molecule has 0 N–H and O–H groups in total. The molecule has 6 heteroatoms. The number of anilines is 1. The monoisotopic (exact) mass is 365 g/mol. The summed E-state index contributed by atoms with van der Waals surface area (Å²) in [6.45, 7) is 0. The average molecular weight is 365 g/mol. The Balaban J connectivity index is 2.34. The second kappa shape index (κ2) is 7.07. The van der Waals surface area contributed by atoms with E-state index >= 15 is 0 Å². The van der Waals surface area contributed by atoms with Gasteiger partial charge in [0.25, 0.3) is 0 Å². The molecule has 0 fully saturated rings. The Hall–Kier alpha value is -3.41. The van der Waals surface area contributed by atoms with Gasteiger partial charge in [0.15, 0.2) is 5.78 Å². The van der Waals surface area contributed by atoms with Crippen LogP contribution < -0.4 is 4.90 Å². The number of carbonyl (C=O) groups excluding carboxylic acids is 3. The second-order valence-electron chi connectivity index (χ2n) is 6.07. The topological polar surface area (TPSA) is 72.9 Å². The van der Waals surface area contributed by atoms with Gasteiger partial charge in [-0.1, -0.05) is 42.5 Å². The van der Waals surface area contributed by atoms with Crippen LogP contribution in [0.5, 0.6) is 0 Å². The normalized spacial score (nSPS) is 14.6. The molecule has 0 aromatic heterocycles. The predicted octanol–water partition coefficient (Wildman–Crippen LogP) is 2.49. The first-order valence-electron chi connectivity index (χ1n) is 8.30. The molecular weight excluding hydrogens is 346 g/mol. The van der Waals surface area contributed by atoms with Crippen LogP contribution in [0.15, 0.2) is 66.4 Å². The minimum Gasteiger partial charge on any atom is -0.468 e. The van der Waals surface area contributed by atoms with Gasteiger partial charge >= 0.3 is 11.9 Å². The highest BCUT2D eigenvalue weighted by molar-refractivity contribution is 6.19. The molecule has 0 heterocycles. The van der Waals surface area contributed by atoms with E-state index in [-0.39, 0.29) is 22.6 Å². The minimum absolute atomic E-state index is 0.177. The Labute approximate surface area is 157 Å². The third-order valence-electron chi connectivity index (χ3n) is 4.74. The van der Waals surface area contributed by atoms with Gasteiger partial charge in [0.2, 0.25) is 5.41 Å². The summed E-state index contributed by atoms with van der Waals surface area (Å²) in [6.07, 6.45) is 1.29. The van der Waals surface area contributed by atoms with E-state index in [1.807, 2.05) is 30.3 Å². The number of para-hydroxylation sites is 1. The lowest BCUT2D eigenvalue weighted by molar-refractivity contribution is -0.159. The molecule has 0 aliphatic heterocycles. The fourth-order valence-electron chi connectivity index (χ4n) is 3.43. The zero-order chi connectivity index (χ0) is 19.6. The largest absolute Gasteiger partial charge is 0.468 e. The predicted molar refractivity (Wildman–Crippen MR) is 99.4 cm³/mol. The highest BCUT2D eigenvalue weighted by Crippen LogP contribution is 2.43. The molecule has 0 saturated carbocycles. The SMILES string of the molecule is COC(=O)C1(C(=O)OC)C(N(C)c2ccccc2)=CC(=O)c2ccccc21. The zero-order valence-corrected chi connectivity index (χ0v) is 15.3. The van der Waals surface area contributed by atoms with Crippen LogP contribution in [-0.4, -0.2) is 39.0 Å². The highest BCUT2D eigenvalue weighted by Gasteiger charge is 2.58. The molecule has 0 saturated heterocycles. The molecule has 0 bridgehead atoms. The van der Waals surface area contributed by atoms with E-state index in [0.29, 0.717) is 5.69 Å². The van der Waals surface area contributed by atoms with Gasteiger partial charge in [-0.05, 0) is 17.7 Å². The first-order valence-corrected chi connectivity index (χ1v) is 8.30. The van der Waals surface area contributed by atoms with Crippen molar-refractivity contribution in [3.63, 3.8) is 0 Å². The quantitative estimate of drug-likeness (QED) is 0.612. The standard InChI is InChI=1S/C21H19NO5/c1-22(14-9-5-4-6-10-14)18-13-17(23)15-11-7-8-12-16(15)21(18,19(24)26-2)20(25)27-3/h4-13H,1-3H3. The number of nitrogens with zero attached hydrogens (tertiary/aromatic N) is 1. The summed E-state index contributed by atoms with van der Waals surface area (Å²) in [5, 5.41) is 0. The van der Waals surface area contributed by atoms with Crippen LogP contribution in [0, 0.1) is 0 Å². The fourth-order valence-corrected chi connectivity index (χ4v) is 3.43. The van der Waals surface area contributed by atoms with Gasteiger partial charge in [0, 0.05) is 24.4 Å². The van der Waals surface area contributed by atoms with Gasteiger partial charge in [0.1, 0.15) is 0 Å². The lowest BCUT2D eigenvalue weighted by Gasteiger charge is -2.39. The Morgan fingerprint density at radius 2 is 1.44 bits per heavy atom. The first kappa shape index (κ1) is 18.4. The molecular formula is C21H19NO5. The molecule has 3 rings (SSSR count). The van der Waals surface area contributed by atoms with Gasteiger partial charge in [-0.2, -0.15) is 0 Å². The molecule has 0 amide bonds. The number of fused-ring (bicyclic) bond motifs is 1. The van der Waals surface area contributed by atoms with Gasteiger partial charge in [-0.15, -0.1) is 0 Å². The van der Waals surface area contributed by atoms with Crippen molar-refractivity contribution in [3.05, 3.63) is 77.5 Å². The zero-order valence-electron chi connectivity index (χ0n) is 15.3. The lowest BCUT2D eigenvalue weighted by atomic mass is 9.70. The second-order valence-corrected chi connectivity index (χ2v) is 6.07. The summed E-state index contributed by atoms with van der Waals surface area (Å²) >= 11 is 0. The Morgan fingerprint density at radius 1 is 0.889 bits per heavy atom. The van der Waals surface area contributed by atoms with Crippen molar-refractivity contribution in [2.24, 2.45) is 0 Å². The number of methoxy groups -OCH3 is 2. The summed E-state index contributed by atoms with van der Waals surface area (Å²) in [4.78, 5) is 40.4. The van der Waals surface area contributed by atoms with Crippen molar-refractivity contribution in [1.29, 1.82) is 0 Å². The van der Waals surface area contributed by atoms with Crippen molar-refractivity contribution in [3.8, 4) is 0 Å². The van der Waals surface area contributed by atoms with Gasteiger partial charge in [0.05, 0.1) is 19.9 Å². The summed E-state index contributed by atoms with van der Waals surface area (Å²) in [7, 11) is 4.08. The summed E-state index contributed by atoms with van der Waals surface area (Å²) in [5.41, 5.74) is -0.518. The number of hydrogen-bond donors (Lipinski definition) is 0. The summed E-state index contributed by atoms with van der Waals surface area (Å²) < 4.78 is 10.0. The Kier molecular flexibility index (Phi) is 4.81. The number of rotatable bonds is 4. The molecule has 0 atom stereocenters. The molecule has 6 nitrogen and oxygen atoms in total. The molecule has 1 aliphatic carbocycles. The van der Waals surface area contributed by atoms with Crippen molar-refractivity contribution in [2.75, 3.05) is 26.2 Å². The van der Waals surface area contributed by atoms with Gasteiger partial charge < -0.3 is 14.4 Å². The third-order valence-corrected chi connectivity index (χ3v) is 4.74. The van der Waals surface area contributed by atoms with E-state index in [0.717, 1.165) is 0 Å². The molecule has 138 valence electrons. The fraction of sp³-hybridized carbons (Fsp3) is 0.190. The third kappa shape index (κ3) is 2.70. The van der Waals surface area contributed by atoms with Crippen molar-refractivity contribution in [2.45, 2.75) is 5.41 Å². The maximum absolute atomic E-state index is 13.0. The van der Waals surface area contributed by atoms with Crippen molar-refractivity contribution in [1.82, 2.24) is 0 Å². The maximum atomic E-state index is 13.0.